The predicted molar refractivity (Wildman–Crippen MR) is 159 cm³/mol. The van der Waals surface area contributed by atoms with Crippen molar-refractivity contribution in [2.45, 2.75) is 39.4 Å². The second-order valence-corrected chi connectivity index (χ2v) is 10.1. The van der Waals surface area contributed by atoms with Crippen LogP contribution in [0.15, 0.2) is 70.3 Å². The summed E-state index contributed by atoms with van der Waals surface area (Å²) in [5.74, 6) is -3.40. The molecule has 0 aliphatic carbocycles. The SMILES string of the molecule is CCN(CCCC(=O)O)c1ccccc1-n1c(=O)c(-c2cccc(OC)c2F)c(C)n(Cc2c(F)cccc2C(F)(F)F)c1=O.[H-].[Na+]. The van der Waals surface area contributed by atoms with Crippen LogP contribution < -0.4 is 50.4 Å². The molecule has 0 radical (unpaired) electrons. The Morgan fingerprint density at radius 2 is 1.70 bits per heavy atom. The molecule has 1 heterocycles. The van der Waals surface area contributed by atoms with Crippen LogP contribution >= 0.6 is 0 Å². The Hall–Kier alpha value is -3.94. The molecular weight excluding hydrogens is 624 g/mol. The third-order valence-electron chi connectivity index (χ3n) is 7.46. The number of hydrogen-bond acceptors (Lipinski definition) is 5. The number of methoxy groups -OCH3 is 1. The Labute approximate surface area is 284 Å². The maximum Gasteiger partial charge on any atom is 1.00 e. The quantitative estimate of drug-likeness (QED) is 0.197. The van der Waals surface area contributed by atoms with Crippen LogP contribution in [0.5, 0.6) is 5.75 Å². The summed E-state index contributed by atoms with van der Waals surface area (Å²) in [6.07, 6.45) is -4.87. The Morgan fingerprint density at radius 1 is 1.02 bits per heavy atom. The number of alkyl halides is 3. The molecule has 0 amide bonds. The van der Waals surface area contributed by atoms with Crippen molar-refractivity contribution in [2.24, 2.45) is 0 Å². The molecule has 0 spiro atoms. The van der Waals surface area contributed by atoms with Gasteiger partial charge in [0.2, 0.25) is 0 Å². The second kappa shape index (κ2) is 15.1. The van der Waals surface area contributed by atoms with Crippen molar-refractivity contribution in [1.82, 2.24) is 9.13 Å². The van der Waals surface area contributed by atoms with Crippen molar-refractivity contribution in [3.8, 4) is 22.6 Å². The van der Waals surface area contributed by atoms with E-state index in [0.717, 1.165) is 16.7 Å². The minimum atomic E-state index is -4.96. The number of carboxylic acid groups (broad SMARTS) is 1. The summed E-state index contributed by atoms with van der Waals surface area (Å²) in [4.78, 5) is 41.2. The summed E-state index contributed by atoms with van der Waals surface area (Å²) in [6.45, 7) is 2.69. The van der Waals surface area contributed by atoms with Crippen molar-refractivity contribution >= 4 is 11.7 Å². The van der Waals surface area contributed by atoms with Gasteiger partial charge in [0.1, 0.15) is 5.82 Å². The zero-order chi connectivity index (χ0) is 33.1. The van der Waals surface area contributed by atoms with E-state index in [1.165, 1.54) is 44.4 Å². The van der Waals surface area contributed by atoms with E-state index < -0.39 is 52.7 Å². The number of rotatable bonds is 11. The minimum Gasteiger partial charge on any atom is -1.00 e. The normalized spacial score (nSPS) is 11.2. The number of ether oxygens (including phenoxy) is 1. The monoisotopic (exact) mass is 655 g/mol. The molecule has 4 rings (SSSR count). The summed E-state index contributed by atoms with van der Waals surface area (Å²) >= 11 is 0. The van der Waals surface area contributed by atoms with Crippen LogP contribution in [0, 0.1) is 18.6 Å². The molecule has 240 valence electrons. The Kier molecular flexibility index (Phi) is 12.0. The fraction of sp³-hybridized carbons (Fsp3) is 0.281. The fourth-order valence-corrected chi connectivity index (χ4v) is 5.26. The molecule has 46 heavy (non-hydrogen) atoms. The molecule has 0 saturated heterocycles. The Bertz CT molecular complexity index is 1860. The number of carbonyl (C=O) groups is 1. The number of hydrogen-bond donors (Lipinski definition) is 1. The van der Waals surface area contributed by atoms with E-state index in [4.69, 9.17) is 9.84 Å². The van der Waals surface area contributed by atoms with Gasteiger partial charge in [0.05, 0.1) is 36.2 Å². The molecule has 0 aliphatic rings. The van der Waals surface area contributed by atoms with Gasteiger partial charge in [-0.2, -0.15) is 13.2 Å². The van der Waals surface area contributed by atoms with Crippen LogP contribution in [-0.4, -0.2) is 40.4 Å². The molecule has 0 fully saturated rings. The number of carboxylic acids is 1. The molecule has 1 aromatic heterocycles. The number of nitrogens with zero attached hydrogens (tertiary/aromatic N) is 3. The Balaban J connectivity index is 0.00000384. The van der Waals surface area contributed by atoms with Crippen molar-refractivity contribution in [1.29, 1.82) is 0 Å². The van der Waals surface area contributed by atoms with E-state index in [2.05, 4.69) is 0 Å². The van der Waals surface area contributed by atoms with Crippen LogP contribution in [-0.2, 0) is 17.5 Å². The summed E-state index contributed by atoms with van der Waals surface area (Å²) in [6, 6.07) is 12.6. The summed E-state index contributed by atoms with van der Waals surface area (Å²) < 4.78 is 79.0. The van der Waals surface area contributed by atoms with Crippen molar-refractivity contribution in [2.75, 3.05) is 25.1 Å². The van der Waals surface area contributed by atoms with Gasteiger partial charge in [0.25, 0.3) is 5.56 Å². The van der Waals surface area contributed by atoms with Crippen LogP contribution in [0.3, 0.4) is 0 Å². The molecule has 14 heteroatoms. The van der Waals surface area contributed by atoms with E-state index in [-0.39, 0.29) is 78.6 Å². The van der Waals surface area contributed by atoms with Gasteiger partial charge in [0.15, 0.2) is 11.6 Å². The van der Waals surface area contributed by atoms with Crippen molar-refractivity contribution in [3.63, 3.8) is 0 Å². The van der Waals surface area contributed by atoms with Gasteiger partial charge >= 0.3 is 47.4 Å². The molecule has 0 aliphatic heterocycles. The smallest absolute Gasteiger partial charge is 1.00 e. The zero-order valence-corrected chi connectivity index (χ0v) is 27.6. The molecule has 1 N–H and O–H groups in total. The number of halogens is 5. The van der Waals surface area contributed by atoms with Gasteiger partial charge in [-0.1, -0.05) is 30.3 Å². The first-order valence-corrected chi connectivity index (χ1v) is 13.9. The van der Waals surface area contributed by atoms with Gasteiger partial charge in [0, 0.05) is 36.3 Å². The number of aliphatic carboxylic acids is 1. The van der Waals surface area contributed by atoms with Gasteiger partial charge < -0.3 is 16.2 Å². The third kappa shape index (κ3) is 7.37. The molecule has 0 saturated carbocycles. The third-order valence-corrected chi connectivity index (χ3v) is 7.46. The summed E-state index contributed by atoms with van der Waals surface area (Å²) in [5.41, 5.74) is -4.67. The molecule has 0 atom stereocenters. The van der Waals surface area contributed by atoms with Crippen molar-refractivity contribution < 1.29 is 67.6 Å². The molecule has 8 nitrogen and oxygen atoms in total. The maximum atomic E-state index is 15.6. The number of para-hydroxylation sites is 2. The first-order valence-electron chi connectivity index (χ1n) is 13.9. The predicted octanol–water partition coefficient (Wildman–Crippen LogP) is 3.14. The average molecular weight is 656 g/mol. The molecule has 0 bridgehead atoms. The zero-order valence-electron chi connectivity index (χ0n) is 26.6. The van der Waals surface area contributed by atoms with Gasteiger partial charge in [-0.25, -0.2) is 18.1 Å². The maximum absolute atomic E-state index is 15.6. The molecular formula is C32H31F5N3NaO5. The average Bonchev–Trinajstić information content (AvgIpc) is 2.98. The number of anilines is 1. The largest absolute Gasteiger partial charge is 1.00 e. The minimum absolute atomic E-state index is 0. The van der Waals surface area contributed by atoms with Crippen LogP contribution in [0.2, 0.25) is 0 Å². The van der Waals surface area contributed by atoms with Crippen LogP contribution in [0.4, 0.5) is 27.6 Å². The van der Waals surface area contributed by atoms with Crippen molar-refractivity contribution in [3.05, 3.63) is 110 Å². The van der Waals surface area contributed by atoms with E-state index in [1.807, 2.05) is 0 Å². The summed E-state index contributed by atoms with van der Waals surface area (Å²) in [5, 5.41) is 9.10. The van der Waals surface area contributed by atoms with E-state index >= 15 is 8.78 Å². The molecule has 3 aromatic carbocycles. The van der Waals surface area contributed by atoms with E-state index in [1.54, 1.807) is 24.0 Å². The fourth-order valence-electron chi connectivity index (χ4n) is 5.26. The first kappa shape index (κ1) is 36.5. The Morgan fingerprint density at radius 3 is 2.33 bits per heavy atom. The number of benzene rings is 3. The van der Waals surface area contributed by atoms with Crippen LogP contribution in [0.1, 0.15) is 38.0 Å². The topological polar surface area (TPSA) is 93.8 Å². The molecule has 4 aromatic rings. The van der Waals surface area contributed by atoms with Crippen LogP contribution in [0.25, 0.3) is 16.8 Å². The summed E-state index contributed by atoms with van der Waals surface area (Å²) in [7, 11) is 1.21. The van der Waals surface area contributed by atoms with E-state index in [0.29, 0.717) is 22.9 Å². The van der Waals surface area contributed by atoms with Gasteiger partial charge in [-0.15, -0.1) is 0 Å². The van der Waals surface area contributed by atoms with Gasteiger partial charge in [-0.05, 0) is 50.6 Å². The second-order valence-electron chi connectivity index (χ2n) is 10.1. The number of aromatic nitrogens is 2. The van der Waals surface area contributed by atoms with E-state index in [9.17, 15) is 27.6 Å². The molecule has 0 unspecified atom stereocenters. The first-order chi connectivity index (χ1) is 21.3. The van der Waals surface area contributed by atoms with Gasteiger partial charge in [-0.3, -0.25) is 14.2 Å². The standard InChI is InChI=1S/C32H30F5N3O5.Na.H/c1-4-38(17-9-16-27(41)42)24-13-5-6-14-25(24)40-30(43)28(20-10-7-15-26(45-3)29(20)34)19(2)39(31(40)44)18-21-22(32(35,36)37)11-8-12-23(21)33;;/h5-8,10-15H,4,9,16-18H2,1-3H3,(H,41,42);;/q;+1;-1.